The number of hydrogen-bond donors (Lipinski definition) is 1. The molecule has 1 N–H and O–H groups in total. The van der Waals surface area contributed by atoms with Crippen molar-refractivity contribution in [2.75, 3.05) is 13.1 Å². The van der Waals surface area contributed by atoms with E-state index >= 15 is 0 Å². The lowest BCUT2D eigenvalue weighted by Crippen LogP contribution is -2.40. The Hall–Kier alpha value is -1.79. The predicted molar refractivity (Wildman–Crippen MR) is 95.7 cm³/mol. The zero-order chi connectivity index (χ0) is 16.6. The molecule has 1 saturated heterocycles. The Morgan fingerprint density at radius 3 is 3.00 bits per heavy atom. The van der Waals surface area contributed by atoms with Gasteiger partial charge in [0.2, 0.25) is 5.91 Å². The van der Waals surface area contributed by atoms with Gasteiger partial charge in [-0.3, -0.25) is 9.78 Å². The standard InChI is InChI=1S/C18H24N4OS/c23-18(7-6-16-13-24-14-21-16)22(12-15-4-1-2-10-20-15)17-5-3-9-19-11-8-17/h1-2,4,10,13-14,17,19H,3,5-9,11-12H2. The van der Waals surface area contributed by atoms with Crippen LogP contribution in [0.2, 0.25) is 0 Å². The molecule has 0 aliphatic carbocycles. The van der Waals surface area contributed by atoms with E-state index in [0.29, 0.717) is 25.4 Å². The van der Waals surface area contributed by atoms with Crippen LogP contribution in [0.25, 0.3) is 0 Å². The van der Waals surface area contributed by atoms with Crippen LogP contribution in [0.1, 0.15) is 37.1 Å². The zero-order valence-corrected chi connectivity index (χ0v) is 14.7. The average molecular weight is 344 g/mol. The van der Waals surface area contributed by atoms with Gasteiger partial charge in [-0.2, -0.15) is 0 Å². The summed E-state index contributed by atoms with van der Waals surface area (Å²) in [5.74, 6) is 0.209. The van der Waals surface area contributed by atoms with Gasteiger partial charge in [-0.15, -0.1) is 11.3 Å². The fourth-order valence-electron chi connectivity index (χ4n) is 3.14. The summed E-state index contributed by atoms with van der Waals surface area (Å²) >= 11 is 1.58. The maximum atomic E-state index is 12.9. The molecule has 3 heterocycles. The number of nitrogens with one attached hydrogen (secondary N) is 1. The minimum atomic E-state index is 0.209. The van der Waals surface area contributed by atoms with Crippen molar-refractivity contribution in [3.05, 3.63) is 46.7 Å². The molecule has 0 bridgehead atoms. The summed E-state index contributed by atoms with van der Waals surface area (Å²) in [6.07, 6.45) is 6.20. The summed E-state index contributed by atoms with van der Waals surface area (Å²) in [6.45, 7) is 2.62. The van der Waals surface area contributed by atoms with Crippen LogP contribution in [-0.4, -0.2) is 39.9 Å². The second kappa shape index (κ2) is 8.89. The lowest BCUT2D eigenvalue weighted by molar-refractivity contribution is -0.134. The van der Waals surface area contributed by atoms with Crippen LogP contribution < -0.4 is 5.32 Å². The van der Waals surface area contributed by atoms with Crippen LogP contribution in [0, 0.1) is 0 Å². The molecule has 1 aliphatic heterocycles. The maximum absolute atomic E-state index is 12.9. The molecule has 0 spiro atoms. The van der Waals surface area contributed by atoms with Gasteiger partial charge < -0.3 is 10.2 Å². The van der Waals surface area contributed by atoms with Gasteiger partial charge in [-0.1, -0.05) is 6.07 Å². The van der Waals surface area contributed by atoms with E-state index < -0.39 is 0 Å². The summed E-state index contributed by atoms with van der Waals surface area (Å²) in [5.41, 5.74) is 3.79. The highest BCUT2D eigenvalue weighted by atomic mass is 32.1. The fraction of sp³-hybridized carbons (Fsp3) is 0.500. The summed E-state index contributed by atoms with van der Waals surface area (Å²) < 4.78 is 0. The molecule has 1 fully saturated rings. The van der Waals surface area contributed by atoms with E-state index in [4.69, 9.17) is 0 Å². The van der Waals surface area contributed by atoms with Gasteiger partial charge in [0.05, 0.1) is 23.4 Å². The average Bonchev–Trinajstić information content (AvgIpc) is 3.00. The molecule has 2 aromatic heterocycles. The van der Waals surface area contributed by atoms with Gasteiger partial charge in [0.15, 0.2) is 0 Å². The smallest absolute Gasteiger partial charge is 0.223 e. The normalized spacial score (nSPS) is 18.1. The number of amides is 1. The van der Waals surface area contributed by atoms with Crippen LogP contribution >= 0.6 is 11.3 Å². The van der Waals surface area contributed by atoms with E-state index in [1.807, 2.05) is 34.0 Å². The first kappa shape index (κ1) is 17.0. The first-order valence-corrected chi connectivity index (χ1v) is 9.54. The van der Waals surface area contributed by atoms with E-state index in [9.17, 15) is 4.79 Å². The highest BCUT2D eigenvalue weighted by Gasteiger charge is 2.25. The molecule has 0 saturated carbocycles. The van der Waals surface area contributed by atoms with Gasteiger partial charge in [0.1, 0.15) is 0 Å². The van der Waals surface area contributed by atoms with Gasteiger partial charge >= 0.3 is 0 Å². The second-order valence-electron chi connectivity index (χ2n) is 6.16. The Labute approximate surface area is 147 Å². The number of carbonyl (C=O) groups is 1. The molecule has 1 atom stereocenters. The molecule has 1 amide bonds. The van der Waals surface area contributed by atoms with Crippen LogP contribution in [-0.2, 0) is 17.8 Å². The minimum absolute atomic E-state index is 0.209. The molecule has 1 unspecified atom stereocenters. The molecular weight excluding hydrogens is 320 g/mol. The third-order valence-electron chi connectivity index (χ3n) is 4.44. The first-order valence-electron chi connectivity index (χ1n) is 8.60. The lowest BCUT2D eigenvalue weighted by atomic mass is 10.1. The summed E-state index contributed by atoms with van der Waals surface area (Å²) in [6, 6.07) is 6.18. The maximum Gasteiger partial charge on any atom is 0.223 e. The zero-order valence-electron chi connectivity index (χ0n) is 13.9. The van der Waals surface area contributed by atoms with Gasteiger partial charge in [-0.25, -0.2) is 4.98 Å². The molecule has 24 heavy (non-hydrogen) atoms. The van der Waals surface area contributed by atoms with Crippen molar-refractivity contribution in [2.45, 2.75) is 44.7 Å². The molecule has 0 aromatic carbocycles. The number of aryl methyl sites for hydroxylation is 1. The number of nitrogens with zero attached hydrogens (tertiary/aromatic N) is 3. The number of thiazole rings is 1. The van der Waals surface area contributed by atoms with E-state index in [-0.39, 0.29) is 5.91 Å². The number of carbonyl (C=O) groups excluding carboxylic acids is 1. The van der Waals surface area contributed by atoms with E-state index in [1.54, 1.807) is 17.5 Å². The van der Waals surface area contributed by atoms with Crippen molar-refractivity contribution >= 4 is 17.2 Å². The highest BCUT2D eigenvalue weighted by molar-refractivity contribution is 7.07. The van der Waals surface area contributed by atoms with Crippen molar-refractivity contribution in [1.82, 2.24) is 20.2 Å². The van der Waals surface area contributed by atoms with E-state index in [1.165, 1.54) is 0 Å². The fourth-order valence-corrected chi connectivity index (χ4v) is 3.73. The summed E-state index contributed by atoms with van der Waals surface area (Å²) in [4.78, 5) is 23.6. The molecule has 2 aromatic rings. The third-order valence-corrected chi connectivity index (χ3v) is 5.08. The van der Waals surface area contributed by atoms with Crippen LogP contribution in [0.3, 0.4) is 0 Å². The number of pyridine rings is 1. The quantitative estimate of drug-likeness (QED) is 0.875. The van der Waals surface area contributed by atoms with Gasteiger partial charge in [0.25, 0.3) is 0 Å². The minimum Gasteiger partial charge on any atom is -0.334 e. The Kier molecular flexibility index (Phi) is 6.32. The molecule has 3 rings (SSSR count). The van der Waals surface area contributed by atoms with Gasteiger partial charge in [-0.05, 0) is 50.9 Å². The van der Waals surface area contributed by atoms with Crippen molar-refractivity contribution < 1.29 is 4.79 Å². The van der Waals surface area contributed by atoms with Crippen molar-refractivity contribution in [2.24, 2.45) is 0 Å². The van der Waals surface area contributed by atoms with Crippen LogP contribution in [0.15, 0.2) is 35.3 Å². The molecule has 0 radical (unpaired) electrons. The van der Waals surface area contributed by atoms with Gasteiger partial charge in [0, 0.05) is 24.0 Å². The SMILES string of the molecule is O=C(CCc1cscn1)N(Cc1ccccn1)C1CCCNCC1. The van der Waals surface area contributed by atoms with E-state index in [2.05, 4.69) is 15.3 Å². The topological polar surface area (TPSA) is 58.1 Å². The monoisotopic (exact) mass is 344 g/mol. The third kappa shape index (κ3) is 4.85. The molecular formula is C18H24N4OS. The van der Waals surface area contributed by atoms with Crippen LogP contribution in [0.4, 0.5) is 0 Å². The van der Waals surface area contributed by atoms with Crippen molar-refractivity contribution in [1.29, 1.82) is 0 Å². The van der Waals surface area contributed by atoms with E-state index in [0.717, 1.165) is 43.7 Å². The molecule has 1 aliphatic rings. The lowest BCUT2D eigenvalue weighted by Gasteiger charge is -2.31. The Morgan fingerprint density at radius 1 is 1.25 bits per heavy atom. The number of rotatable bonds is 6. The van der Waals surface area contributed by atoms with Crippen LogP contribution in [0.5, 0.6) is 0 Å². The van der Waals surface area contributed by atoms with Crippen molar-refractivity contribution in [3.8, 4) is 0 Å². The number of hydrogen-bond acceptors (Lipinski definition) is 5. The summed E-state index contributed by atoms with van der Waals surface area (Å²) in [5, 5.41) is 5.45. The molecule has 128 valence electrons. The second-order valence-corrected chi connectivity index (χ2v) is 6.88. The molecule has 6 heteroatoms. The predicted octanol–water partition coefficient (Wildman–Crippen LogP) is 2.64. The first-order chi connectivity index (χ1) is 11.8. The van der Waals surface area contributed by atoms with Crippen molar-refractivity contribution in [3.63, 3.8) is 0 Å². The largest absolute Gasteiger partial charge is 0.334 e. The highest BCUT2D eigenvalue weighted by Crippen LogP contribution is 2.18. The Balaban J connectivity index is 1.68. The number of aromatic nitrogens is 2. The Morgan fingerprint density at radius 2 is 2.21 bits per heavy atom. The Bertz CT molecular complexity index is 609. The molecule has 5 nitrogen and oxygen atoms in total. The summed E-state index contributed by atoms with van der Waals surface area (Å²) in [7, 11) is 0.